The SMILES string of the molecule is C=C(C)C(O)CCc1cccc(C)c1. The van der Waals surface area contributed by atoms with E-state index in [9.17, 15) is 5.11 Å². The Hall–Kier alpha value is -1.08. The van der Waals surface area contributed by atoms with E-state index in [-0.39, 0.29) is 6.10 Å². The zero-order valence-electron chi connectivity index (χ0n) is 8.96. The molecule has 0 aliphatic carbocycles. The average molecular weight is 190 g/mol. The molecule has 0 aliphatic heterocycles. The van der Waals surface area contributed by atoms with Gasteiger partial charge in [0.05, 0.1) is 6.10 Å². The van der Waals surface area contributed by atoms with E-state index in [1.807, 2.05) is 6.92 Å². The molecule has 0 heterocycles. The first kappa shape index (κ1) is 11.0. The smallest absolute Gasteiger partial charge is 0.0748 e. The third kappa shape index (κ3) is 3.35. The molecular weight excluding hydrogens is 172 g/mol. The first-order chi connectivity index (χ1) is 6.59. The second kappa shape index (κ2) is 4.97. The number of aryl methyl sites for hydroxylation is 2. The molecule has 1 nitrogen and oxygen atoms in total. The summed E-state index contributed by atoms with van der Waals surface area (Å²) in [6.07, 6.45) is 1.31. The molecule has 76 valence electrons. The summed E-state index contributed by atoms with van der Waals surface area (Å²) >= 11 is 0. The van der Waals surface area contributed by atoms with Crippen molar-refractivity contribution in [2.45, 2.75) is 32.8 Å². The van der Waals surface area contributed by atoms with Crippen molar-refractivity contribution in [3.63, 3.8) is 0 Å². The van der Waals surface area contributed by atoms with E-state index < -0.39 is 0 Å². The zero-order chi connectivity index (χ0) is 10.6. The molecule has 1 aromatic rings. The lowest BCUT2D eigenvalue weighted by Gasteiger charge is -2.09. The predicted molar refractivity (Wildman–Crippen MR) is 60.3 cm³/mol. The summed E-state index contributed by atoms with van der Waals surface area (Å²) in [5, 5.41) is 9.56. The predicted octanol–water partition coefficient (Wildman–Crippen LogP) is 2.86. The summed E-state index contributed by atoms with van der Waals surface area (Å²) < 4.78 is 0. The van der Waals surface area contributed by atoms with Crippen molar-refractivity contribution in [1.82, 2.24) is 0 Å². The second-order valence-corrected chi connectivity index (χ2v) is 3.89. The van der Waals surface area contributed by atoms with Crippen LogP contribution < -0.4 is 0 Å². The van der Waals surface area contributed by atoms with Crippen LogP contribution in [0.4, 0.5) is 0 Å². The van der Waals surface area contributed by atoms with Gasteiger partial charge in [0, 0.05) is 0 Å². The van der Waals surface area contributed by atoms with E-state index in [0.29, 0.717) is 0 Å². The molecule has 0 aliphatic rings. The van der Waals surface area contributed by atoms with Crippen LogP contribution >= 0.6 is 0 Å². The number of hydrogen-bond donors (Lipinski definition) is 1. The van der Waals surface area contributed by atoms with Crippen LogP contribution in [-0.2, 0) is 6.42 Å². The van der Waals surface area contributed by atoms with E-state index in [1.165, 1.54) is 11.1 Å². The van der Waals surface area contributed by atoms with Gasteiger partial charge in [0.15, 0.2) is 0 Å². The average Bonchev–Trinajstić information content (AvgIpc) is 2.14. The van der Waals surface area contributed by atoms with Gasteiger partial charge in [0.1, 0.15) is 0 Å². The molecule has 0 fully saturated rings. The maximum Gasteiger partial charge on any atom is 0.0748 e. The van der Waals surface area contributed by atoms with Gasteiger partial charge in [-0.2, -0.15) is 0 Å². The van der Waals surface area contributed by atoms with Gasteiger partial charge in [-0.15, -0.1) is 0 Å². The Kier molecular flexibility index (Phi) is 3.90. The van der Waals surface area contributed by atoms with Crippen molar-refractivity contribution < 1.29 is 5.11 Å². The summed E-state index contributed by atoms with van der Waals surface area (Å²) in [6.45, 7) is 7.68. The summed E-state index contributed by atoms with van der Waals surface area (Å²) in [5.41, 5.74) is 3.40. The normalized spacial score (nSPS) is 12.5. The molecule has 0 saturated heterocycles. The third-order valence-electron chi connectivity index (χ3n) is 2.36. The Morgan fingerprint density at radius 2 is 2.21 bits per heavy atom. The summed E-state index contributed by atoms with van der Waals surface area (Å²) in [5.74, 6) is 0. The van der Waals surface area contributed by atoms with Crippen LogP contribution in [0.5, 0.6) is 0 Å². The van der Waals surface area contributed by atoms with E-state index >= 15 is 0 Å². The first-order valence-electron chi connectivity index (χ1n) is 4.98. The standard InChI is InChI=1S/C13H18O/c1-10(2)13(14)8-7-12-6-4-5-11(3)9-12/h4-6,9,13-14H,1,7-8H2,2-3H3. The van der Waals surface area contributed by atoms with Crippen molar-refractivity contribution in [1.29, 1.82) is 0 Å². The van der Waals surface area contributed by atoms with Crippen LogP contribution in [-0.4, -0.2) is 11.2 Å². The lowest BCUT2D eigenvalue weighted by Crippen LogP contribution is -2.08. The second-order valence-electron chi connectivity index (χ2n) is 3.89. The Bertz CT molecular complexity index is 315. The molecule has 0 aromatic heterocycles. The van der Waals surface area contributed by atoms with E-state index in [2.05, 4.69) is 37.8 Å². The van der Waals surface area contributed by atoms with Gasteiger partial charge in [-0.3, -0.25) is 0 Å². The Balaban J connectivity index is 2.49. The molecule has 1 rings (SSSR count). The highest BCUT2D eigenvalue weighted by Gasteiger charge is 2.04. The molecule has 1 atom stereocenters. The monoisotopic (exact) mass is 190 g/mol. The highest BCUT2D eigenvalue weighted by atomic mass is 16.3. The first-order valence-corrected chi connectivity index (χ1v) is 4.98. The van der Waals surface area contributed by atoms with E-state index in [1.54, 1.807) is 0 Å². The molecular formula is C13H18O. The van der Waals surface area contributed by atoms with Gasteiger partial charge >= 0.3 is 0 Å². The molecule has 1 unspecified atom stereocenters. The lowest BCUT2D eigenvalue weighted by molar-refractivity contribution is 0.201. The minimum atomic E-state index is -0.365. The topological polar surface area (TPSA) is 20.2 Å². The van der Waals surface area contributed by atoms with Crippen LogP contribution in [0.15, 0.2) is 36.4 Å². The highest BCUT2D eigenvalue weighted by molar-refractivity contribution is 5.22. The number of benzene rings is 1. The summed E-state index contributed by atoms with van der Waals surface area (Å²) in [4.78, 5) is 0. The van der Waals surface area contributed by atoms with Crippen molar-refractivity contribution in [3.05, 3.63) is 47.5 Å². The van der Waals surface area contributed by atoms with Gasteiger partial charge in [0.2, 0.25) is 0 Å². The quantitative estimate of drug-likeness (QED) is 0.724. The van der Waals surface area contributed by atoms with Crippen LogP contribution in [0.2, 0.25) is 0 Å². The fourth-order valence-electron chi connectivity index (χ4n) is 1.42. The van der Waals surface area contributed by atoms with E-state index in [4.69, 9.17) is 0 Å². The lowest BCUT2D eigenvalue weighted by atomic mass is 10.0. The van der Waals surface area contributed by atoms with E-state index in [0.717, 1.165) is 18.4 Å². The highest BCUT2D eigenvalue weighted by Crippen LogP contribution is 2.10. The van der Waals surface area contributed by atoms with Gasteiger partial charge in [-0.25, -0.2) is 0 Å². The Morgan fingerprint density at radius 1 is 1.50 bits per heavy atom. The minimum Gasteiger partial charge on any atom is -0.389 e. The molecule has 0 amide bonds. The van der Waals surface area contributed by atoms with Crippen LogP contribution in [0, 0.1) is 6.92 Å². The van der Waals surface area contributed by atoms with Gasteiger partial charge in [-0.1, -0.05) is 42.0 Å². The van der Waals surface area contributed by atoms with Gasteiger partial charge in [0.25, 0.3) is 0 Å². The maximum absolute atomic E-state index is 9.56. The van der Waals surface area contributed by atoms with Crippen molar-refractivity contribution in [2.24, 2.45) is 0 Å². The largest absolute Gasteiger partial charge is 0.389 e. The number of rotatable bonds is 4. The molecule has 0 bridgehead atoms. The van der Waals surface area contributed by atoms with Crippen LogP contribution in [0.3, 0.4) is 0 Å². The Morgan fingerprint density at radius 3 is 2.79 bits per heavy atom. The van der Waals surface area contributed by atoms with Crippen molar-refractivity contribution >= 4 is 0 Å². The minimum absolute atomic E-state index is 0.365. The van der Waals surface area contributed by atoms with Gasteiger partial charge < -0.3 is 5.11 Å². The number of aliphatic hydroxyl groups excluding tert-OH is 1. The van der Waals surface area contributed by atoms with Crippen molar-refractivity contribution in [3.8, 4) is 0 Å². The molecule has 0 spiro atoms. The maximum atomic E-state index is 9.56. The zero-order valence-corrected chi connectivity index (χ0v) is 8.96. The fraction of sp³-hybridized carbons (Fsp3) is 0.385. The van der Waals surface area contributed by atoms with Crippen molar-refractivity contribution in [2.75, 3.05) is 0 Å². The van der Waals surface area contributed by atoms with Gasteiger partial charge in [-0.05, 0) is 32.3 Å². The molecule has 0 radical (unpaired) electrons. The molecule has 1 heteroatoms. The Labute approximate surface area is 86.1 Å². The van der Waals surface area contributed by atoms with Crippen LogP contribution in [0.25, 0.3) is 0 Å². The molecule has 1 N–H and O–H groups in total. The molecule has 1 aromatic carbocycles. The third-order valence-corrected chi connectivity index (χ3v) is 2.36. The fourth-order valence-corrected chi connectivity index (χ4v) is 1.42. The molecule has 0 saturated carbocycles. The summed E-state index contributed by atoms with van der Waals surface area (Å²) in [6, 6.07) is 8.39. The molecule has 14 heavy (non-hydrogen) atoms. The number of hydrogen-bond acceptors (Lipinski definition) is 1. The summed E-state index contributed by atoms with van der Waals surface area (Å²) in [7, 11) is 0. The van der Waals surface area contributed by atoms with Crippen LogP contribution in [0.1, 0.15) is 24.5 Å². The number of aliphatic hydroxyl groups is 1.